The number of hydrogen-bond acceptors (Lipinski definition) is 4. The lowest BCUT2D eigenvalue weighted by Gasteiger charge is -2.16. The molecule has 78 valence electrons. The van der Waals surface area contributed by atoms with Crippen molar-refractivity contribution in [2.24, 2.45) is 5.92 Å². The number of carbonyl (C=O) groups is 2. The Morgan fingerprint density at radius 3 is 3.07 bits per heavy atom. The van der Waals surface area contributed by atoms with Crippen molar-refractivity contribution in [2.75, 3.05) is 7.11 Å². The molecule has 1 aliphatic carbocycles. The summed E-state index contributed by atoms with van der Waals surface area (Å²) in [6.07, 6.45) is 3.57. The van der Waals surface area contributed by atoms with Gasteiger partial charge in [-0.15, -0.1) is 0 Å². The second kappa shape index (κ2) is 4.91. The maximum atomic E-state index is 11.4. The summed E-state index contributed by atoms with van der Waals surface area (Å²) < 4.78 is 4.46. The Labute approximate surface area is 82.6 Å². The van der Waals surface area contributed by atoms with Gasteiger partial charge in [-0.2, -0.15) is 0 Å². The van der Waals surface area contributed by atoms with E-state index in [0.29, 0.717) is 12.8 Å². The summed E-state index contributed by atoms with van der Waals surface area (Å²) in [6, 6.07) is 0. The standard InChI is InChI=1S/C10H14O4/c1-14-10(13)6-7-8(11)4-2-3-5-9(7)12/h2,4,7,9,12H,3,5-6H2,1H3/t7-,9-/m1/s1. The summed E-state index contributed by atoms with van der Waals surface area (Å²) in [4.78, 5) is 22.4. The van der Waals surface area contributed by atoms with Gasteiger partial charge in [-0.3, -0.25) is 9.59 Å². The highest BCUT2D eigenvalue weighted by Gasteiger charge is 2.28. The predicted molar refractivity (Wildman–Crippen MR) is 49.5 cm³/mol. The molecule has 0 amide bonds. The summed E-state index contributed by atoms with van der Waals surface area (Å²) in [5.74, 6) is -1.29. The third-order valence-corrected chi connectivity index (χ3v) is 2.36. The second-order valence-electron chi connectivity index (χ2n) is 3.34. The highest BCUT2D eigenvalue weighted by Crippen LogP contribution is 2.19. The van der Waals surface area contributed by atoms with Crippen molar-refractivity contribution < 1.29 is 19.4 Å². The fraction of sp³-hybridized carbons (Fsp3) is 0.600. The number of ether oxygens (including phenoxy) is 1. The minimum absolute atomic E-state index is 0.0408. The summed E-state index contributed by atoms with van der Waals surface area (Å²) in [5.41, 5.74) is 0. The van der Waals surface area contributed by atoms with Crippen molar-refractivity contribution in [3.63, 3.8) is 0 Å². The number of hydrogen-bond donors (Lipinski definition) is 1. The first kappa shape index (κ1) is 10.9. The second-order valence-corrected chi connectivity index (χ2v) is 3.34. The average Bonchev–Trinajstić information content (AvgIpc) is 2.32. The Bertz CT molecular complexity index is 257. The van der Waals surface area contributed by atoms with Gasteiger partial charge in [0.15, 0.2) is 5.78 Å². The summed E-state index contributed by atoms with van der Waals surface area (Å²) in [6.45, 7) is 0. The summed E-state index contributed by atoms with van der Waals surface area (Å²) >= 11 is 0. The maximum Gasteiger partial charge on any atom is 0.306 e. The monoisotopic (exact) mass is 198 g/mol. The fourth-order valence-electron chi connectivity index (χ4n) is 1.48. The van der Waals surface area contributed by atoms with E-state index in [2.05, 4.69) is 4.74 Å². The van der Waals surface area contributed by atoms with Crippen LogP contribution in [0.25, 0.3) is 0 Å². The van der Waals surface area contributed by atoms with Crippen molar-refractivity contribution in [2.45, 2.75) is 25.4 Å². The molecule has 4 nitrogen and oxygen atoms in total. The predicted octanol–water partition coefficient (Wildman–Crippen LogP) is 0.446. The zero-order chi connectivity index (χ0) is 10.6. The van der Waals surface area contributed by atoms with Crippen molar-refractivity contribution in [1.29, 1.82) is 0 Å². The molecule has 0 spiro atoms. The summed E-state index contributed by atoms with van der Waals surface area (Å²) in [7, 11) is 1.27. The van der Waals surface area contributed by atoms with E-state index in [1.54, 1.807) is 6.08 Å². The van der Waals surface area contributed by atoms with Gasteiger partial charge in [-0.1, -0.05) is 6.08 Å². The van der Waals surface area contributed by atoms with Crippen LogP contribution >= 0.6 is 0 Å². The number of methoxy groups -OCH3 is 1. The number of rotatable bonds is 2. The highest BCUT2D eigenvalue weighted by atomic mass is 16.5. The Hall–Kier alpha value is -1.16. The molecule has 4 heteroatoms. The third kappa shape index (κ3) is 2.67. The first-order valence-corrected chi connectivity index (χ1v) is 4.60. The van der Waals surface area contributed by atoms with Gasteiger partial charge in [0.1, 0.15) is 0 Å². The number of ketones is 1. The molecule has 0 saturated heterocycles. The van der Waals surface area contributed by atoms with Gasteiger partial charge < -0.3 is 9.84 Å². The van der Waals surface area contributed by atoms with Crippen LogP contribution in [0, 0.1) is 5.92 Å². The number of esters is 1. The van der Waals surface area contributed by atoms with Gasteiger partial charge in [0.05, 0.1) is 25.6 Å². The van der Waals surface area contributed by atoms with Crippen molar-refractivity contribution in [3.05, 3.63) is 12.2 Å². The molecule has 2 atom stereocenters. The van der Waals surface area contributed by atoms with E-state index in [9.17, 15) is 14.7 Å². The van der Waals surface area contributed by atoms with Crippen molar-refractivity contribution in [3.8, 4) is 0 Å². The minimum Gasteiger partial charge on any atom is -0.469 e. The van der Waals surface area contributed by atoms with Crippen molar-refractivity contribution >= 4 is 11.8 Å². The molecule has 0 radical (unpaired) electrons. The molecule has 0 bridgehead atoms. The van der Waals surface area contributed by atoms with Gasteiger partial charge in [0.2, 0.25) is 0 Å². The lowest BCUT2D eigenvalue weighted by molar-refractivity contribution is -0.145. The maximum absolute atomic E-state index is 11.4. The lowest BCUT2D eigenvalue weighted by Crippen LogP contribution is -2.28. The van der Waals surface area contributed by atoms with Gasteiger partial charge in [0.25, 0.3) is 0 Å². The smallest absolute Gasteiger partial charge is 0.306 e. The molecule has 0 aromatic carbocycles. The van der Waals surface area contributed by atoms with Crippen LogP contribution in [0.4, 0.5) is 0 Å². The Morgan fingerprint density at radius 2 is 2.43 bits per heavy atom. The third-order valence-electron chi connectivity index (χ3n) is 2.36. The Morgan fingerprint density at radius 1 is 1.71 bits per heavy atom. The number of carbonyl (C=O) groups excluding carboxylic acids is 2. The molecular formula is C10H14O4. The largest absolute Gasteiger partial charge is 0.469 e. The van der Waals surface area contributed by atoms with Gasteiger partial charge in [-0.25, -0.2) is 0 Å². The van der Waals surface area contributed by atoms with Crippen LogP contribution in [-0.2, 0) is 14.3 Å². The molecular weight excluding hydrogens is 184 g/mol. The molecule has 14 heavy (non-hydrogen) atoms. The van der Waals surface area contributed by atoms with Crippen LogP contribution in [0.15, 0.2) is 12.2 Å². The van der Waals surface area contributed by atoms with Gasteiger partial charge in [-0.05, 0) is 18.9 Å². The van der Waals surface area contributed by atoms with Crippen LogP contribution in [0.1, 0.15) is 19.3 Å². The molecule has 0 aliphatic heterocycles. The fourth-order valence-corrected chi connectivity index (χ4v) is 1.48. The molecule has 0 heterocycles. The van der Waals surface area contributed by atoms with Crippen LogP contribution in [0.3, 0.4) is 0 Å². The van der Waals surface area contributed by atoms with Crippen LogP contribution < -0.4 is 0 Å². The molecule has 0 unspecified atom stereocenters. The van der Waals surface area contributed by atoms with Gasteiger partial charge in [0, 0.05) is 0 Å². The zero-order valence-corrected chi connectivity index (χ0v) is 8.10. The van der Waals surface area contributed by atoms with E-state index < -0.39 is 18.0 Å². The molecule has 0 aromatic rings. The van der Waals surface area contributed by atoms with Gasteiger partial charge >= 0.3 is 5.97 Å². The minimum atomic E-state index is -0.739. The Balaban J connectivity index is 2.66. The van der Waals surface area contributed by atoms with Crippen LogP contribution in [0.2, 0.25) is 0 Å². The molecule has 1 rings (SSSR count). The van der Waals surface area contributed by atoms with E-state index >= 15 is 0 Å². The zero-order valence-electron chi connectivity index (χ0n) is 8.10. The number of aliphatic hydroxyl groups excluding tert-OH is 1. The topological polar surface area (TPSA) is 63.6 Å². The number of allylic oxidation sites excluding steroid dienone is 2. The quantitative estimate of drug-likeness (QED) is 0.654. The molecule has 0 saturated carbocycles. The van der Waals surface area contributed by atoms with E-state index in [1.807, 2.05) is 0 Å². The van der Waals surface area contributed by atoms with Crippen LogP contribution in [0.5, 0.6) is 0 Å². The molecule has 0 aromatic heterocycles. The Kier molecular flexibility index (Phi) is 3.83. The molecule has 0 fully saturated rings. The van der Waals surface area contributed by atoms with Crippen LogP contribution in [-0.4, -0.2) is 30.1 Å². The molecule has 1 N–H and O–H groups in total. The number of aliphatic hydroxyl groups is 1. The van der Waals surface area contributed by atoms with Crippen molar-refractivity contribution in [1.82, 2.24) is 0 Å². The average molecular weight is 198 g/mol. The van der Waals surface area contributed by atoms with E-state index in [-0.39, 0.29) is 12.2 Å². The first-order chi connectivity index (χ1) is 6.65. The highest BCUT2D eigenvalue weighted by molar-refractivity contribution is 5.94. The van der Waals surface area contributed by atoms with E-state index in [4.69, 9.17) is 0 Å². The SMILES string of the molecule is COC(=O)C[C@@H]1C(=O)C=CCC[C@H]1O. The lowest BCUT2D eigenvalue weighted by atomic mass is 9.93. The molecule has 1 aliphatic rings. The normalized spacial score (nSPS) is 27.1. The summed E-state index contributed by atoms with van der Waals surface area (Å²) in [5, 5.41) is 9.60. The van der Waals surface area contributed by atoms with E-state index in [0.717, 1.165) is 0 Å². The first-order valence-electron chi connectivity index (χ1n) is 4.60. The van der Waals surface area contributed by atoms with E-state index in [1.165, 1.54) is 13.2 Å².